The van der Waals surface area contributed by atoms with Gasteiger partial charge in [-0.1, -0.05) is 6.92 Å². The number of benzene rings is 1. The third-order valence-electron chi connectivity index (χ3n) is 1.81. The molecule has 1 aromatic carbocycles. The molecule has 86 valence electrons. The number of esters is 1. The van der Waals surface area contributed by atoms with Gasteiger partial charge in [-0.2, -0.15) is 0 Å². The summed E-state index contributed by atoms with van der Waals surface area (Å²) in [7, 11) is 0. The molecular formula is C10H10O6. The molecule has 0 heterocycles. The molecule has 1 aromatic rings. The highest BCUT2D eigenvalue weighted by Gasteiger charge is 2.16. The molecule has 3 N–H and O–H groups in total. The number of rotatable bonds is 3. The summed E-state index contributed by atoms with van der Waals surface area (Å²) in [4.78, 5) is 21.6. The smallest absolute Gasteiger partial charge is 0.335 e. The van der Waals surface area contributed by atoms with Gasteiger partial charge in [-0.3, -0.25) is 4.79 Å². The fourth-order valence-corrected chi connectivity index (χ4v) is 0.989. The zero-order valence-electron chi connectivity index (χ0n) is 8.43. The average Bonchev–Trinajstić information content (AvgIpc) is 2.23. The van der Waals surface area contributed by atoms with Gasteiger partial charge < -0.3 is 20.1 Å². The second kappa shape index (κ2) is 4.52. The zero-order chi connectivity index (χ0) is 12.3. The van der Waals surface area contributed by atoms with E-state index < -0.39 is 23.4 Å². The molecule has 6 nitrogen and oxygen atoms in total. The van der Waals surface area contributed by atoms with Crippen molar-refractivity contribution in [3.63, 3.8) is 0 Å². The molecule has 0 aliphatic rings. The minimum absolute atomic E-state index is 0.0670. The lowest BCUT2D eigenvalue weighted by Crippen LogP contribution is -2.07. The molecule has 0 atom stereocenters. The van der Waals surface area contributed by atoms with Gasteiger partial charge in [0.05, 0.1) is 5.56 Å². The molecule has 0 spiro atoms. The van der Waals surface area contributed by atoms with E-state index in [1.807, 2.05) is 0 Å². The van der Waals surface area contributed by atoms with Gasteiger partial charge in [0, 0.05) is 6.42 Å². The Morgan fingerprint density at radius 1 is 1.31 bits per heavy atom. The van der Waals surface area contributed by atoms with Crippen molar-refractivity contribution in [2.24, 2.45) is 0 Å². The van der Waals surface area contributed by atoms with E-state index >= 15 is 0 Å². The number of carbonyl (C=O) groups excluding carboxylic acids is 1. The number of carbonyl (C=O) groups is 2. The molecule has 6 heteroatoms. The van der Waals surface area contributed by atoms with E-state index in [1.54, 1.807) is 6.92 Å². The van der Waals surface area contributed by atoms with Crippen molar-refractivity contribution in [3.8, 4) is 17.2 Å². The van der Waals surface area contributed by atoms with Gasteiger partial charge in [0.1, 0.15) is 0 Å². The molecular weight excluding hydrogens is 216 g/mol. The van der Waals surface area contributed by atoms with Crippen LogP contribution in [0.1, 0.15) is 23.7 Å². The summed E-state index contributed by atoms with van der Waals surface area (Å²) in [6.07, 6.45) is 0.0670. The van der Waals surface area contributed by atoms with E-state index in [-0.39, 0.29) is 17.7 Å². The molecule has 0 aromatic heterocycles. The number of hydrogen-bond donors (Lipinski definition) is 3. The number of carboxylic acid groups (broad SMARTS) is 1. The van der Waals surface area contributed by atoms with Crippen molar-refractivity contribution in [2.75, 3.05) is 0 Å². The highest BCUT2D eigenvalue weighted by atomic mass is 16.5. The van der Waals surface area contributed by atoms with Crippen LogP contribution >= 0.6 is 0 Å². The third-order valence-corrected chi connectivity index (χ3v) is 1.81. The quantitative estimate of drug-likeness (QED) is 0.405. The van der Waals surface area contributed by atoms with Crippen LogP contribution in [-0.4, -0.2) is 27.3 Å². The summed E-state index contributed by atoms with van der Waals surface area (Å²) >= 11 is 0. The lowest BCUT2D eigenvalue weighted by molar-refractivity contribution is -0.134. The van der Waals surface area contributed by atoms with Crippen LogP contribution in [0.5, 0.6) is 17.2 Å². The first-order valence-corrected chi connectivity index (χ1v) is 4.45. The molecule has 0 bridgehead atoms. The van der Waals surface area contributed by atoms with E-state index in [9.17, 15) is 19.8 Å². The Kier molecular flexibility index (Phi) is 3.34. The Bertz CT molecular complexity index is 437. The van der Waals surface area contributed by atoms with Crippen LogP contribution < -0.4 is 4.74 Å². The second-order valence-corrected chi connectivity index (χ2v) is 2.97. The molecule has 0 aliphatic carbocycles. The monoisotopic (exact) mass is 226 g/mol. The highest BCUT2D eigenvalue weighted by molar-refractivity contribution is 5.89. The summed E-state index contributed by atoms with van der Waals surface area (Å²) in [6.45, 7) is 1.54. The molecule has 0 fully saturated rings. The van der Waals surface area contributed by atoms with Gasteiger partial charge >= 0.3 is 11.9 Å². The lowest BCUT2D eigenvalue weighted by atomic mass is 10.2. The molecule has 0 saturated carbocycles. The lowest BCUT2D eigenvalue weighted by Gasteiger charge is -2.07. The molecule has 0 saturated heterocycles. The van der Waals surface area contributed by atoms with Crippen LogP contribution in [0.2, 0.25) is 0 Å². The maximum absolute atomic E-state index is 11.0. The molecule has 0 radical (unpaired) electrons. The van der Waals surface area contributed by atoms with E-state index in [1.165, 1.54) is 0 Å². The topological polar surface area (TPSA) is 104 Å². The maximum atomic E-state index is 11.0. The Hall–Kier alpha value is -2.24. The van der Waals surface area contributed by atoms with E-state index in [2.05, 4.69) is 4.74 Å². The fraction of sp³-hybridized carbons (Fsp3) is 0.200. The maximum Gasteiger partial charge on any atom is 0.335 e. The van der Waals surface area contributed by atoms with Crippen LogP contribution in [0.3, 0.4) is 0 Å². The van der Waals surface area contributed by atoms with Gasteiger partial charge in [-0.15, -0.1) is 0 Å². The molecule has 0 unspecified atom stereocenters. The first kappa shape index (κ1) is 11.8. The molecule has 0 amide bonds. The first-order valence-electron chi connectivity index (χ1n) is 4.45. The van der Waals surface area contributed by atoms with Crippen molar-refractivity contribution in [1.82, 2.24) is 0 Å². The van der Waals surface area contributed by atoms with Crippen LogP contribution in [0.4, 0.5) is 0 Å². The van der Waals surface area contributed by atoms with Crippen molar-refractivity contribution in [3.05, 3.63) is 17.7 Å². The van der Waals surface area contributed by atoms with Crippen LogP contribution in [-0.2, 0) is 4.79 Å². The van der Waals surface area contributed by atoms with E-state index in [0.717, 1.165) is 12.1 Å². The summed E-state index contributed by atoms with van der Waals surface area (Å²) in [6, 6.07) is 1.83. The molecule has 0 aliphatic heterocycles. The van der Waals surface area contributed by atoms with Crippen molar-refractivity contribution in [2.45, 2.75) is 13.3 Å². The number of carboxylic acids is 1. The minimum Gasteiger partial charge on any atom is -0.504 e. The second-order valence-electron chi connectivity index (χ2n) is 2.97. The predicted octanol–water partition coefficient (Wildman–Crippen LogP) is 1.11. The van der Waals surface area contributed by atoms with E-state index in [4.69, 9.17) is 5.11 Å². The standard InChI is InChI=1S/C10H10O6/c1-2-8(12)16-7-4-5(10(14)15)3-6(11)9(7)13/h3-4,11,13H,2H2,1H3,(H,14,15). The van der Waals surface area contributed by atoms with Gasteiger partial charge in [0.25, 0.3) is 0 Å². The highest BCUT2D eigenvalue weighted by Crippen LogP contribution is 2.36. The Labute approximate surface area is 90.7 Å². The molecule has 1 rings (SSSR count). The zero-order valence-corrected chi connectivity index (χ0v) is 8.43. The van der Waals surface area contributed by atoms with Gasteiger partial charge in [0.15, 0.2) is 11.5 Å². The summed E-state index contributed by atoms with van der Waals surface area (Å²) in [5.41, 5.74) is -0.283. The Morgan fingerprint density at radius 3 is 2.44 bits per heavy atom. The van der Waals surface area contributed by atoms with Gasteiger partial charge in [-0.25, -0.2) is 4.79 Å². The summed E-state index contributed by atoms with van der Waals surface area (Å²) < 4.78 is 4.65. The summed E-state index contributed by atoms with van der Waals surface area (Å²) in [5, 5.41) is 27.2. The van der Waals surface area contributed by atoms with Crippen molar-refractivity contribution in [1.29, 1.82) is 0 Å². The van der Waals surface area contributed by atoms with Crippen LogP contribution in [0.15, 0.2) is 12.1 Å². The number of hydrogen-bond acceptors (Lipinski definition) is 5. The fourth-order valence-electron chi connectivity index (χ4n) is 0.989. The largest absolute Gasteiger partial charge is 0.504 e. The summed E-state index contributed by atoms with van der Waals surface area (Å²) in [5.74, 6) is -3.63. The number of phenols is 2. The minimum atomic E-state index is -1.30. The van der Waals surface area contributed by atoms with Crippen LogP contribution in [0, 0.1) is 0 Å². The predicted molar refractivity (Wildman–Crippen MR) is 52.7 cm³/mol. The number of aromatic hydroxyl groups is 2. The Morgan fingerprint density at radius 2 is 1.94 bits per heavy atom. The van der Waals surface area contributed by atoms with Crippen LogP contribution in [0.25, 0.3) is 0 Å². The van der Waals surface area contributed by atoms with Crippen molar-refractivity contribution < 1.29 is 29.6 Å². The molecule has 16 heavy (non-hydrogen) atoms. The average molecular weight is 226 g/mol. The number of aromatic carboxylic acids is 1. The normalized spacial score (nSPS) is 9.81. The number of phenolic OH excluding ortho intramolecular Hbond substituents is 2. The van der Waals surface area contributed by atoms with Crippen molar-refractivity contribution >= 4 is 11.9 Å². The Balaban J connectivity index is 3.16. The van der Waals surface area contributed by atoms with Gasteiger partial charge in [-0.05, 0) is 12.1 Å². The SMILES string of the molecule is CCC(=O)Oc1cc(C(=O)O)cc(O)c1O. The first-order chi connectivity index (χ1) is 7.45. The van der Waals surface area contributed by atoms with E-state index in [0.29, 0.717) is 0 Å². The number of ether oxygens (including phenoxy) is 1. The van der Waals surface area contributed by atoms with Gasteiger partial charge in [0.2, 0.25) is 5.75 Å². The third kappa shape index (κ3) is 2.41.